The van der Waals surface area contributed by atoms with Crippen molar-refractivity contribution < 1.29 is 9.53 Å². The third kappa shape index (κ3) is 6.75. The number of ether oxygens (including phenoxy) is 1. The fraction of sp³-hybridized carbons (Fsp3) is 0.480. The first-order valence-corrected chi connectivity index (χ1v) is 11.3. The Morgan fingerprint density at radius 2 is 1.83 bits per heavy atom. The van der Waals surface area contributed by atoms with Gasteiger partial charge >= 0.3 is 0 Å². The monoisotopic (exact) mass is 428 g/mol. The van der Waals surface area contributed by atoms with E-state index in [4.69, 9.17) is 16.3 Å². The molecular formula is C25H33ClN2O2. The van der Waals surface area contributed by atoms with Crippen molar-refractivity contribution in [2.75, 3.05) is 31.6 Å². The fourth-order valence-corrected chi connectivity index (χ4v) is 3.99. The number of carbonyl (C=O) groups excluding carboxylic acids is 1. The zero-order valence-electron chi connectivity index (χ0n) is 18.2. The number of anilines is 1. The molecule has 0 aromatic heterocycles. The van der Waals surface area contributed by atoms with Gasteiger partial charge in [-0.05, 0) is 73.8 Å². The highest BCUT2D eigenvalue weighted by molar-refractivity contribution is 6.30. The van der Waals surface area contributed by atoms with Gasteiger partial charge in [-0.15, -0.1) is 0 Å². The third-order valence-electron chi connectivity index (χ3n) is 5.66. The standard InChI is InChI=1S/C25H33ClN2O2/c1-18(2)25(29)27-23-6-4-5-21(15-23)20-11-13-28(14-12-20)16-19(3)17-30-24-9-7-22(26)8-10-24/h4-10,15,18-20H,11-14,16-17H2,1-3H3,(H,27,29)/t19-/m1/s1. The van der Waals surface area contributed by atoms with E-state index in [1.807, 2.05) is 50.2 Å². The summed E-state index contributed by atoms with van der Waals surface area (Å²) in [5, 5.41) is 3.74. The first-order chi connectivity index (χ1) is 14.4. The summed E-state index contributed by atoms with van der Waals surface area (Å²) in [4.78, 5) is 14.5. The van der Waals surface area contributed by atoms with Gasteiger partial charge in [-0.3, -0.25) is 4.79 Å². The number of amides is 1. The molecular weight excluding hydrogens is 396 g/mol. The number of hydrogen-bond acceptors (Lipinski definition) is 3. The molecule has 1 heterocycles. The Bertz CT molecular complexity index is 814. The van der Waals surface area contributed by atoms with Crippen LogP contribution in [0.2, 0.25) is 5.02 Å². The smallest absolute Gasteiger partial charge is 0.226 e. The van der Waals surface area contributed by atoms with Gasteiger partial charge in [-0.2, -0.15) is 0 Å². The summed E-state index contributed by atoms with van der Waals surface area (Å²) in [5.74, 6) is 1.94. The minimum Gasteiger partial charge on any atom is -0.493 e. The molecule has 2 aromatic carbocycles. The summed E-state index contributed by atoms with van der Waals surface area (Å²) < 4.78 is 5.90. The summed E-state index contributed by atoms with van der Waals surface area (Å²) in [5.41, 5.74) is 2.23. The summed E-state index contributed by atoms with van der Waals surface area (Å²) in [6.07, 6.45) is 2.29. The van der Waals surface area contributed by atoms with Crippen LogP contribution < -0.4 is 10.1 Å². The number of benzene rings is 2. The minimum atomic E-state index is -0.0115. The molecule has 30 heavy (non-hydrogen) atoms. The van der Waals surface area contributed by atoms with Crippen LogP contribution in [0.3, 0.4) is 0 Å². The van der Waals surface area contributed by atoms with Gasteiger partial charge in [0.05, 0.1) is 6.61 Å². The molecule has 0 bridgehead atoms. The molecule has 0 radical (unpaired) electrons. The van der Waals surface area contributed by atoms with E-state index in [1.54, 1.807) is 0 Å². The molecule has 0 saturated carbocycles. The third-order valence-corrected chi connectivity index (χ3v) is 5.91. The van der Waals surface area contributed by atoms with E-state index >= 15 is 0 Å². The van der Waals surface area contributed by atoms with Crippen LogP contribution >= 0.6 is 11.6 Å². The topological polar surface area (TPSA) is 41.6 Å². The Kier molecular flexibility index (Phi) is 8.17. The zero-order chi connectivity index (χ0) is 21.5. The predicted octanol–water partition coefficient (Wildman–Crippen LogP) is 5.83. The molecule has 1 aliphatic rings. The molecule has 1 saturated heterocycles. The van der Waals surface area contributed by atoms with Crippen LogP contribution in [0, 0.1) is 11.8 Å². The maximum Gasteiger partial charge on any atom is 0.226 e. The molecule has 1 fully saturated rings. The summed E-state index contributed by atoms with van der Waals surface area (Å²) in [6, 6.07) is 15.9. The van der Waals surface area contributed by atoms with Gasteiger partial charge < -0.3 is 15.0 Å². The Morgan fingerprint density at radius 3 is 2.50 bits per heavy atom. The molecule has 1 aliphatic heterocycles. The number of nitrogens with zero attached hydrogens (tertiary/aromatic N) is 1. The first-order valence-electron chi connectivity index (χ1n) is 10.9. The van der Waals surface area contributed by atoms with Crippen LogP contribution in [0.15, 0.2) is 48.5 Å². The predicted molar refractivity (Wildman–Crippen MR) is 124 cm³/mol. The highest BCUT2D eigenvalue weighted by Crippen LogP contribution is 2.30. The van der Waals surface area contributed by atoms with Crippen LogP contribution in [0.5, 0.6) is 5.75 Å². The summed E-state index contributed by atoms with van der Waals surface area (Å²) >= 11 is 5.92. The molecule has 5 heteroatoms. The van der Waals surface area contributed by atoms with E-state index in [0.29, 0.717) is 18.4 Å². The molecule has 1 N–H and O–H groups in total. The van der Waals surface area contributed by atoms with Crippen LogP contribution in [0.25, 0.3) is 0 Å². The van der Waals surface area contributed by atoms with Crippen molar-refractivity contribution in [3.05, 3.63) is 59.1 Å². The molecule has 0 aliphatic carbocycles. The Labute approximate surface area is 185 Å². The lowest BCUT2D eigenvalue weighted by atomic mass is 9.89. The molecule has 162 valence electrons. The van der Waals surface area contributed by atoms with Gasteiger partial charge in [0.25, 0.3) is 0 Å². The number of likely N-dealkylation sites (tertiary alicyclic amines) is 1. The number of hydrogen-bond donors (Lipinski definition) is 1. The van der Waals surface area contributed by atoms with Crippen molar-refractivity contribution in [3.8, 4) is 5.75 Å². The fourth-order valence-electron chi connectivity index (χ4n) is 3.87. The quantitative estimate of drug-likeness (QED) is 0.575. The Hall–Kier alpha value is -2.04. The second-order valence-corrected chi connectivity index (χ2v) is 9.15. The molecule has 0 spiro atoms. The van der Waals surface area contributed by atoms with Crippen molar-refractivity contribution in [2.24, 2.45) is 11.8 Å². The van der Waals surface area contributed by atoms with E-state index in [-0.39, 0.29) is 11.8 Å². The van der Waals surface area contributed by atoms with Crippen LogP contribution in [0.4, 0.5) is 5.69 Å². The lowest BCUT2D eigenvalue weighted by molar-refractivity contribution is -0.118. The van der Waals surface area contributed by atoms with Gasteiger partial charge in [0.1, 0.15) is 5.75 Å². The lowest BCUT2D eigenvalue weighted by Gasteiger charge is -2.33. The highest BCUT2D eigenvalue weighted by atomic mass is 35.5. The van der Waals surface area contributed by atoms with E-state index < -0.39 is 0 Å². The first kappa shape index (κ1) is 22.6. The van der Waals surface area contributed by atoms with Gasteiger partial charge in [0.15, 0.2) is 0 Å². The van der Waals surface area contributed by atoms with Crippen molar-refractivity contribution in [1.82, 2.24) is 4.90 Å². The van der Waals surface area contributed by atoms with E-state index in [1.165, 1.54) is 5.56 Å². The lowest BCUT2D eigenvalue weighted by Crippen LogP contribution is -2.37. The van der Waals surface area contributed by atoms with Gasteiger partial charge in [-0.1, -0.05) is 44.5 Å². The van der Waals surface area contributed by atoms with Gasteiger partial charge in [0.2, 0.25) is 5.91 Å². The second-order valence-electron chi connectivity index (χ2n) is 8.71. The van der Waals surface area contributed by atoms with Crippen molar-refractivity contribution in [2.45, 2.75) is 39.5 Å². The normalized spacial score (nSPS) is 16.4. The SMILES string of the molecule is CC(C)C(=O)Nc1cccc(C2CCN(C[C@@H](C)COc3ccc(Cl)cc3)CC2)c1. The maximum absolute atomic E-state index is 12.0. The number of rotatable bonds is 8. The highest BCUT2D eigenvalue weighted by Gasteiger charge is 2.22. The molecule has 1 amide bonds. The second kappa shape index (κ2) is 10.8. The van der Waals surface area contributed by atoms with Crippen molar-refractivity contribution in [1.29, 1.82) is 0 Å². The largest absolute Gasteiger partial charge is 0.493 e. The van der Waals surface area contributed by atoms with Gasteiger partial charge in [-0.25, -0.2) is 0 Å². The van der Waals surface area contributed by atoms with Crippen molar-refractivity contribution in [3.63, 3.8) is 0 Å². The molecule has 1 atom stereocenters. The van der Waals surface area contributed by atoms with Crippen LogP contribution in [0.1, 0.15) is 45.1 Å². The molecule has 2 aromatic rings. The van der Waals surface area contributed by atoms with E-state index in [0.717, 1.165) is 48.9 Å². The van der Waals surface area contributed by atoms with Crippen LogP contribution in [-0.4, -0.2) is 37.0 Å². The average Bonchev–Trinajstić information content (AvgIpc) is 2.74. The number of piperidine rings is 1. The molecule has 0 unspecified atom stereocenters. The average molecular weight is 429 g/mol. The van der Waals surface area contributed by atoms with Crippen molar-refractivity contribution >= 4 is 23.2 Å². The number of carbonyl (C=O) groups is 1. The maximum atomic E-state index is 12.0. The van der Waals surface area contributed by atoms with E-state index in [2.05, 4.69) is 29.3 Å². The number of nitrogens with one attached hydrogen (secondary N) is 1. The molecule has 4 nitrogen and oxygen atoms in total. The minimum absolute atomic E-state index is 0.0115. The Morgan fingerprint density at radius 1 is 1.13 bits per heavy atom. The van der Waals surface area contributed by atoms with E-state index in [9.17, 15) is 4.79 Å². The molecule has 3 rings (SSSR count). The van der Waals surface area contributed by atoms with Gasteiger partial charge in [0, 0.05) is 29.1 Å². The summed E-state index contributed by atoms with van der Waals surface area (Å²) in [6.45, 7) is 10.0. The summed E-state index contributed by atoms with van der Waals surface area (Å²) in [7, 11) is 0. The zero-order valence-corrected chi connectivity index (χ0v) is 19.0. The Balaban J connectivity index is 1.44. The van der Waals surface area contributed by atoms with Crippen LogP contribution in [-0.2, 0) is 4.79 Å². The number of halogens is 1.